The van der Waals surface area contributed by atoms with Gasteiger partial charge in [-0.1, -0.05) is 0 Å². The summed E-state index contributed by atoms with van der Waals surface area (Å²) in [7, 11) is 0. The molecule has 0 spiro atoms. The van der Waals surface area contributed by atoms with E-state index in [0.29, 0.717) is 0 Å². The Morgan fingerprint density at radius 3 is 1.21 bits per heavy atom. The van der Waals surface area contributed by atoms with E-state index in [9.17, 15) is 19.2 Å². The number of hydrogen-bond acceptors (Lipinski definition) is 5. The summed E-state index contributed by atoms with van der Waals surface area (Å²) in [5.74, 6) is -6.24. The van der Waals surface area contributed by atoms with Gasteiger partial charge in [-0.05, 0) is 6.58 Å². The average molecular weight is 279 g/mol. The van der Waals surface area contributed by atoms with Gasteiger partial charge in [-0.25, -0.2) is 19.2 Å². The molecule has 0 fully saturated rings. The smallest absolute Gasteiger partial charge is 0.389 e. The zero-order chi connectivity index (χ0) is 14.5. The van der Waals surface area contributed by atoms with Crippen LogP contribution >= 0.6 is 0 Å². The molecule has 0 aromatic heterocycles. The quantitative estimate of drug-likeness (QED) is 0.269. The summed E-state index contributed by atoms with van der Waals surface area (Å²) < 4.78 is -1.28. The van der Waals surface area contributed by atoms with Crippen LogP contribution < -0.4 is 6.15 Å². The van der Waals surface area contributed by atoms with Gasteiger partial charge in [0.2, 0.25) is 5.70 Å². The maximum Gasteiger partial charge on any atom is 0.389 e. The summed E-state index contributed by atoms with van der Waals surface area (Å²) in [6.07, 6.45) is 0. The fourth-order valence-electron chi connectivity index (χ4n) is 1.43. The van der Waals surface area contributed by atoms with Crippen molar-refractivity contribution in [2.75, 3.05) is 19.6 Å². The standard InChI is InChI=1S/C9H11NO8.H3N/c1-5(9(17)18)10(2-6(11)12,3-7(13)14)4-8(15)16;/h1-4H2,(H3-,11,12,13,14,15,16,17,18);1H3/p+1. The monoisotopic (exact) mass is 279 g/mol. The first-order valence-electron chi connectivity index (χ1n) is 4.55. The highest BCUT2D eigenvalue weighted by molar-refractivity contribution is 5.85. The molecule has 0 rings (SSSR count). The number of carboxylic acid groups (broad SMARTS) is 4. The van der Waals surface area contributed by atoms with E-state index in [0.717, 1.165) is 0 Å². The molecule has 0 aliphatic heterocycles. The lowest BCUT2D eigenvalue weighted by Gasteiger charge is -2.32. The second-order valence-corrected chi connectivity index (χ2v) is 3.55. The van der Waals surface area contributed by atoms with Crippen LogP contribution in [0.5, 0.6) is 0 Å². The van der Waals surface area contributed by atoms with E-state index in [1.54, 1.807) is 0 Å². The molecule has 0 atom stereocenters. The highest BCUT2D eigenvalue weighted by Gasteiger charge is 2.42. The van der Waals surface area contributed by atoms with E-state index in [-0.39, 0.29) is 6.15 Å². The maximum absolute atomic E-state index is 10.8. The SMILES string of the molecule is C=C(C(=O)O)[N+](CC(=O)O)(CC(=O)O)CC(=O)O.N. The van der Waals surface area contributed by atoms with Gasteiger partial charge in [0, 0.05) is 0 Å². The zero-order valence-corrected chi connectivity index (χ0v) is 9.90. The average Bonchev–Trinajstić information content (AvgIpc) is 2.12. The molecule has 0 unspecified atom stereocenters. The number of rotatable bonds is 8. The Morgan fingerprint density at radius 1 is 0.789 bits per heavy atom. The fourth-order valence-corrected chi connectivity index (χ4v) is 1.43. The Morgan fingerprint density at radius 2 is 1.05 bits per heavy atom. The lowest BCUT2D eigenvalue weighted by Crippen LogP contribution is -2.57. The van der Waals surface area contributed by atoms with Crippen molar-refractivity contribution in [1.82, 2.24) is 6.15 Å². The van der Waals surface area contributed by atoms with Crippen LogP contribution in [0.1, 0.15) is 0 Å². The number of carbonyl (C=O) groups is 4. The predicted molar refractivity (Wildman–Crippen MR) is 59.6 cm³/mol. The third-order valence-corrected chi connectivity index (χ3v) is 2.13. The topological polar surface area (TPSA) is 184 Å². The predicted octanol–water partition coefficient (Wildman–Crippen LogP) is -1.18. The molecule has 0 bridgehead atoms. The maximum atomic E-state index is 10.8. The Hall–Kier alpha value is -2.46. The second kappa shape index (κ2) is 7.08. The van der Waals surface area contributed by atoms with Crippen LogP contribution in [0.4, 0.5) is 0 Å². The normalized spacial score (nSPS) is 10.1. The van der Waals surface area contributed by atoms with Crippen molar-refractivity contribution < 1.29 is 44.1 Å². The van der Waals surface area contributed by atoms with Gasteiger partial charge in [-0.2, -0.15) is 0 Å². The lowest BCUT2D eigenvalue weighted by atomic mass is 10.2. The van der Waals surface area contributed by atoms with E-state index < -0.39 is 53.7 Å². The Labute approximate surface area is 107 Å². The first kappa shape index (κ1) is 18.9. The number of nitrogens with zero attached hydrogens (tertiary/aromatic N) is 1. The third-order valence-electron chi connectivity index (χ3n) is 2.13. The highest BCUT2D eigenvalue weighted by atomic mass is 16.4. The summed E-state index contributed by atoms with van der Waals surface area (Å²) in [5.41, 5.74) is -0.804. The first-order valence-corrected chi connectivity index (χ1v) is 4.55. The molecule has 0 heterocycles. The summed E-state index contributed by atoms with van der Waals surface area (Å²) in [6, 6.07) is 0. The highest BCUT2D eigenvalue weighted by Crippen LogP contribution is 2.16. The van der Waals surface area contributed by atoms with Crippen LogP contribution in [0.25, 0.3) is 0 Å². The van der Waals surface area contributed by atoms with Gasteiger partial charge in [-0.15, -0.1) is 0 Å². The summed E-state index contributed by atoms with van der Waals surface area (Å²) >= 11 is 0. The molecule has 0 aliphatic carbocycles. The van der Waals surface area contributed by atoms with Crippen LogP contribution in [-0.4, -0.2) is 68.4 Å². The fraction of sp³-hybridized carbons (Fsp3) is 0.333. The van der Waals surface area contributed by atoms with Crippen molar-refractivity contribution in [3.05, 3.63) is 12.3 Å². The van der Waals surface area contributed by atoms with Gasteiger partial charge >= 0.3 is 23.9 Å². The zero-order valence-electron chi connectivity index (χ0n) is 9.90. The largest absolute Gasteiger partial charge is 0.477 e. The molecule has 7 N–H and O–H groups in total. The van der Waals surface area contributed by atoms with E-state index in [1.807, 2.05) is 0 Å². The molecular formula is C9H15N2O8+. The van der Waals surface area contributed by atoms with Crippen LogP contribution in [-0.2, 0) is 19.2 Å². The van der Waals surface area contributed by atoms with Crippen LogP contribution in [0.3, 0.4) is 0 Å². The summed E-state index contributed by atoms with van der Waals surface area (Å²) in [5, 5.41) is 34.8. The molecule has 0 radical (unpaired) electrons. The van der Waals surface area contributed by atoms with Crippen LogP contribution in [0.2, 0.25) is 0 Å². The van der Waals surface area contributed by atoms with Crippen LogP contribution in [0, 0.1) is 0 Å². The van der Waals surface area contributed by atoms with Gasteiger partial charge < -0.3 is 26.6 Å². The molecule has 0 aliphatic rings. The van der Waals surface area contributed by atoms with Gasteiger partial charge in [-0.3, -0.25) is 4.48 Å². The molecule has 0 aromatic rings. The summed E-state index contributed by atoms with van der Waals surface area (Å²) in [4.78, 5) is 42.8. The van der Waals surface area contributed by atoms with Crippen molar-refractivity contribution in [1.29, 1.82) is 0 Å². The number of hydrogen-bond donors (Lipinski definition) is 5. The van der Waals surface area contributed by atoms with Gasteiger partial charge in [0.25, 0.3) is 0 Å². The van der Waals surface area contributed by atoms with E-state index >= 15 is 0 Å². The molecular weight excluding hydrogens is 264 g/mol. The van der Waals surface area contributed by atoms with E-state index in [2.05, 4.69) is 6.58 Å². The Bertz CT molecular complexity index is 376. The lowest BCUT2D eigenvalue weighted by molar-refractivity contribution is -0.866. The molecule has 0 saturated heterocycles. The summed E-state index contributed by atoms with van der Waals surface area (Å²) in [6.45, 7) is 0.0797. The second-order valence-electron chi connectivity index (χ2n) is 3.55. The molecule has 19 heavy (non-hydrogen) atoms. The van der Waals surface area contributed by atoms with Crippen LogP contribution in [0.15, 0.2) is 12.3 Å². The molecule has 0 aromatic carbocycles. The Balaban J connectivity index is 0. The minimum atomic E-state index is -1.65. The molecule has 10 nitrogen and oxygen atoms in total. The Kier molecular flexibility index (Phi) is 7.04. The molecule has 10 heteroatoms. The van der Waals surface area contributed by atoms with Crippen molar-refractivity contribution in [3.63, 3.8) is 0 Å². The van der Waals surface area contributed by atoms with Crippen molar-refractivity contribution >= 4 is 23.9 Å². The van der Waals surface area contributed by atoms with Gasteiger partial charge in [0.05, 0.1) is 0 Å². The molecule has 0 saturated carbocycles. The number of carboxylic acids is 4. The van der Waals surface area contributed by atoms with Gasteiger partial charge in [0.1, 0.15) is 0 Å². The number of aliphatic carboxylic acids is 4. The number of quaternary nitrogens is 1. The van der Waals surface area contributed by atoms with E-state index in [4.69, 9.17) is 20.4 Å². The van der Waals surface area contributed by atoms with E-state index in [1.165, 1.54) is 0 Å². The minimum Gasteiger partial charge on any atom is -0.477 e. The molecule has 0 amide bonds. The van der Waals surface area contributed by atoms with Crippen molar-refractivity contribution in [2.45, 2.75) is 0 Å². The van der Waals surface area contributed by atoms with Crippen molar-refractivity contribution in [3.8, 4) is 0 Å². The van der Waals surface area contributed by atoms with Crippen molar-refractivity contribution in [2.24, 2.45) is 0 Å². The minimum absolute atomic E-state index is 0. The third kappa shape index (κ3) is 5.61. The first-order chi connectivity index (χ1) is 8.10. The van der Waals surface area contributed by atoms with Gasteiger partial charge in [0.15, 0.2) is 19.6 Å². The molecule has 108 valence electrons.